The minimum Gasteiger partial charge on any atom is -0.311 e. The van der Waals surface area contributed by atoms with Crippen molar-refractivity contribution in [1.29, 1.82) is 0 Å². The van der Waals surface area contributed by atoms with Crippen LogP contribution in [0.5, 0.6) is 0 Å². The number of nitrogens with zero attached hydrogens (tertiary/aromatic N) is 4. The Labute approximate surface area is 146 Å². The van der Waals surface area contributed by atoms with Crippen molar-refractivity contribution in [1.82, 2.24) is 19.5 Å². The molecule has 0 aliphatic heterocycles. The van der Waals surface area contributed by atoms with Crippen LogP contribution >= 0.6 is 0 Å². The fourth-order valence-electron chi connectivity index (χ4n) is 2.69. The van der Waals surface area contributed by atoms with Crippen LogP contribution in [0.25, 0.3) is 22.7 Å². The molecule has 3 heterocycles. The van der Waals surface area contributed by atoms with E-state index in [0.29, 0.717) is 6.20 Å². The number of aryl methyl sites for hydroxylation is 1. The number of hydrogen-bond donors (Lipinski definition) is 1. The molecule has 0 aliphatic rings. The number of aromatic nitrogens is 4. The van der Waals surface area contributed by atoms with Crippen molar-refractivity contribution in [2.24, 2.45) is 7.05 Å². The summed E-state index contributed by atoms with van der Waals surface area (Å²) in [4.78, 5) is 11.7. The van der Waals surface area contributed by atoms with E-state index in [1.54, 1.807) is 6.92 Å². The number of imidazole rings is 1. The van der Waals surface area contributed by atoms with Crippen molar-refractivity contribution in [3.05, 3.63) is 35.7 Å². The minimum absolute atomic E-state index is 0.00145. The largest absolute Gasteiger partial charge is 0.417 e. The van der Waals surface area contributed by atoms with Gasteiger partial charge in [-0.3, -0.25) is 9.54 Å². The summed E-state index contributed by atoms with van der Waals surface area (Å²) < 4.78 is 72.6. The molecule has 0 saturated carbocycles. The molecule has 0 aromatic carbocycles. The predicted molar refractivity (Wildman–Crippen MR) is 85.9 cm³/mol. The fraction of sp³-hybridized carbons (Fsp3) is 0.267. The maximum atomic E-state index is 12.9. The van der Waals surface area contributed by atoms with Crippen molar-refractivity contribution in [3.8, 4) is 11.5 Å². The molecule has 7 nitrogen and oxygen atoms in total. The highest BCUT2D eigenvalue weighted by Gasteiger charge is 2.32. The molecule has 11 heteroatoms. The van der Waals surface area contributed by atoms with Gasteiger partial charge in [0, 0.05) is 25.0 Å². The topological polar surface area (TPSA) is 98.0 Å². The maximum absolute atomic E-state index is 12.9. The highest BCUT2D eigenvalue weighted by Crippen LogP contribution is 2.32. The lowest BCUT2D eigenvalue weighted by molar-refractivity contribution is -0.137. The van der Waals surface area contributed by atoms with E-state index in [-0.39, 0.29) is 39.6 Å². The van der Waals surface area contributed by atoms with Crippen molar-refractivity contribution in [3.63, 3.8) is 0 Å². The van der Waals surface area contributed by atoms with Crippen LogP contribution in [0.1, 0.15) is 18.1 Å². The summed E-state index contributed by atoms with van der Waals surface area (Å²) in [6, 6.07) is 2.02. The van der Waals surface area contributed by atoms with E-state index in [2.05, 4.69) is 15.0 Å². The number of alkyl halides is 3. The number of fused-ring (bicyclic) bond motifs is 1. The lowest BCUT2D eigenvalue weighted by Crippen LogP contribution is -2.07. The number of rotatable bonds is 3. The van der Waals surface area contributed by atoms with Crippen LogP contribution in [0.4, 0.5) is 13.2 Å². The second-order valence-corrected chi connectivity index (χ2v) is 6.91. The molecule has 138 valence electrons. The molecule has 0 radical (unpaired) electrons. The molecule has 0 bridgehead atoms. The molecule has 3 aromatic rings. The van der Waals surface area contributed by atoms with Crippen LogP contribution in [-0.2, 0) is 29.8 Å². The van der Waals surface area contributed by atoms with Crippen molar-refractivity contribution in [2.45, 2.75) is 24.4 Å². The Balaban J connectivity index is 2.28. The minimum atomic E-state index is -4.56. The Hall–Kier alpha value is -2.53. The molecule has 0 amide bonds. The van der Waals surface area contributed by atoms with Crippen LogP contribution in [0.3, 0.4) is 0 Å². The van der Waals surface area contributed by atoms with Gasteiger partial charge >= 0.3 is 6.18 Å². The molecule has 0 aliphatic carbocycles. The number of hydrogen-bond acceptors (Lipinski definition) is 5. The first-order valence-electron chi connectivity index (χ1n) is 7.39. The summed E-state index contributed by atoms with van der Waals surface area (Å²) in [5.41, 5.74) is -0.390. The van der Waals surface area contributed by atoms with E-state index in [0.717, 1.165) is 12.1 Å². The lowest BCUT2D eigenvalue weighted by Gasteiger charge is -2.10. The van der Waals surface area contributed by atoms with Crippen LogP contribution in [0.2, 0.25) is 0 Å². The summed E-state index contributed by atoms with van der Waals surface area (Å²) in [5, 5.41) is 0. The summed E-state index contributed by atoms with van der Waals surface area (Å²) in [6.07, 6.45) is -2.46. The lowest BCUT2D eigenvalue weighted by atomic mass is 10.1. The molecule has 0 saturated heterocycles. The molecular weight excluding hydrogens is 373 g/mol. The molecule has 0 atom stereocenters. The van der Waals surface area contributed by atoms with Crippen LogP contribution < -0.4 is 0 Å². The first-order chi connectivity index (χ1) is 12.0. The highest BCUT2D eigenvalue weighted by atomic mass is 32.2. The molecule has 1 N–H and O–H groups in total. The zero-order valence-electron chi connectivity index (χ0n) is 13.6. The average Bonchev–Trinajstić information content (AvgIpc) is 2.88. The molecule has 0 unspecified atom stereocenters. The van der Waals surface area contributed by atoms with Gasteiger partial charge in [-0.25, -0.2) is 9.97 Å². The molecular formula is C15H13F3N4O3S. The fourth-order valence-corrected chi connectivity index (χ4v) is 3.48. The van der Waals surface area contributed by atoms with Gasteiger partial charge in [0.2, 0.25) is 0 Å². The third-order valence-electron chi connectivity index (χ3n) is 3.89. The van der Waals surface area contributed by atoms with Gasteiger partial charge in [-0.2, -0.15) is 21.6 Å². The Morgan fingerprint density at radius 3 is 2.54 bits per heavy atom. The Kier molecular flexibility index (Phi) is 4.23. The normalized spacial score (nSPS) is 12.7. The van der Waals surface area contributed by atoms with Gasteiger partial charge in [-0.05, 0) is 18.6 Å². The van der Waals surface area contributed by atoms with E-state index >= 15 is 0 Å². The van der Waals surface area contributed by atoms with Crippen LogP contribution in [0, 0.1) is 0 Å². The van der Waals surface area contributed by atoms with Gasteiger partial charge in [0.05, 0.1) is 5.56 Å². The van der Waals surface area contributed by atoms with Gasteiger partial charge in [0.25, 0.3) is 10.1 Å². The predicted octanol–water partition coefficient (Wildman–Crippen LogP) is 2.86. The first-order valence-corrected chi connectivity index (χ1v) is 8.83. The van der Waals surface area contributed by atoms with Gasteiger partial charge in [-0.15, -0.1) is 0 Å². The maximum Gasteiger partial charge on any atom is 0.417 e. The second kappa shape index (κ2) is 6.02. The van der Waals surface area contributed by atoms with Gasteiger partial charge in [0.1, 0.15) is 16.1 Å². The summed E-state index contributed by atoms with van der Waals surface area (Å²) >= 11 is 0. The summed E-state index contributed by atoms with van der Waals surface area (Å²) in [7, 11) is -2.95. The van der Waals surface area contributed by atoms with Gasteiger partial charge in [0.15, 0.2) is 11.5 Å². The van der Waals surface area contributed by atoms with Crippen molar-refractivity contribution >= 4 is 21.3 Å². The molecule has 0 fully saturated rings. The Morgan fingerprint density at radius 1 is 1.27 bits per heavy atom. The zero-order chi connectivity index (χ0) is 19.3. The van der Waals surface area contributed by atoms with E-state index < -0.39 is 21.9 Å². The quantitative estimate of drug-likeness (QED) is 0.695. The van der Waals surface area contributed by atoms with E-state index in [4.69, 9.17) is 0 Å². The summed E-state index contributed by atoms with van der Waals surface area (Å²) in [6.45, 7) is 1.66. The first kappa shape index (κ1) is 18.3. The molecule has 0 spiro atoms. The van der Waals surface area contributed by atoms with Crippen molar-refractivity contribution in [2.75, 3.05) is 0 Å². The zero-order valence-corrected chi connectivity index (χ0v) is 14.4. The summed E-state index contributed by atoms with van der Waals surface area (Å²) in [5.74, 6) is 0.147. The standard InChI is InChI=1S/C15H13F3N4O3S/c1-3-9-11(26(23,24)25)4-5-19-12(9)14-21-10-6-8(15(16,17)18)7-20-13(10)22(14)2/h4-7H,3H2,1-2H3,(H,23,24,25). The van der Waals surface area contributed by atoms with E-state index in [9.17, 15) is 26.1 Å². The van der Waals surface area contributed by atoms with Gasteiger partial charge in [-0.1, -0.05) is 6.92 Å². The van der Waals surface area contributed by atoms with Crippen LogP contribution in [-0.4, -0.2) is 32.5 Å². The highest BCUT2D eigenvalue weighted by molar-refractivity contribution is 7.85. The van der Waals surface area contributed by atoms with Crippen molar-refractivity contribution < 1.29 is 26.1 Å². The van der Waals surface area contributed by atoms with E-state index in [1.165, 1.54) is 17.8 Å². The Morgan fingerprint density at radius 2 is 1.96 bits per heavy atom. The SMILES string of the molecule is CCc1c(S(=O)(=O)O)ccnc1-c1nc2cc(C(F)(F)F)cnc2n1C. The monoisotopic (exact) mass is 386 g/mol. The molecule has 3 rings (SSSR count). The number of halogens is 3. The number of pyridine rings is 2. The van der Waals surface area contributed by atoms with Crippen LogP contribution in [0.15, 0.2) is 29.4 Å². The Bertz CT molecular complexity index is 1110. The van der Waals surface area contributed by atoms with Gasteiger partial charge < -0.3 is 4.57 Å². The average molecular weight is 386 g/mol. The molecule has 3 aromatic heterocycles. The molecule has 26 heavy (non-hydrogen) atoms. The van der Waals surface area contributed by atoms with E-state index in [1.807, 2.05) is 0 Å². The smallest absolute Gasteiger partial charge is 0.311 e. The second-order valence-electron chi connectivity index (χ2n) is 5.52. The third-order valence-corrected chi connectivity index (χ3v) is 4.83. The third kappa shape index (κ3) is 3.03.